The summed E-state index contributed by atoms with van der Waals surface area (Å²) in [5, 5.41) is 9.16. The highest BCUT2D eigenvalue weighted by atomic mass is 32.1. The molecular weight excluding hydrogens is 430 g/mol. The molecule has 3 heterocycles. The van der Waals surface area contributed by atoms with Crippen molar-refractivity contribution in [3.63, 3.8) is 0 Å². The van der Waals surface area contributed by atoms with Crippen LogP contribution in [-0.4, -0.2) is 32.6 Å². The summed E-state index contributed by atoms with van der Waals surface area (Å²) in [6.07, 6.45) is 1.93. The third kappa shape index (κ3) is 4.02. The third-order valence-corrected chi connectivity index (χ3v) is 6.96. The molecule has 0 atom stereocenters. The van der Waals surface area contributed by atoms with Crippen LogP contribution in [0, 0.1) is 6.92 Å². The number of benzene rings is 1. The maximum Gasteiger partial charge on any atom is 0.270 e. The molecule has 1 N–H and O–H groups in total. The van der Waals surface area contributed by atoms with Gasteiger partial charge in [0, 0.05) is 37.7 Å². The molecule has 1 aliphatic carbocycles. The van der Waals surface area contributed by atoms with E-state index in [2.05, 4.69) is 27.5 Å². The second-order valence-corrected chi connectivity index (χ2v) is 9.33. The number of aromatic nitrogens is 3. The number of rotatable bonds is 5. The lowest BCUT2D eigenvalue weighted by atomic mass is 9.88. The van der Waals surface area contributed by atoms with Gasteiger partial charge in [0.25, 0.3) is 11.8 Å². The van der Waals surface area contributed by atoms with Crippen LogP contribution in [0.3, 0.4) is 0 Å². The van der Waals surface area contributed by atoms with E-state index < -0.39 is 17.9 Å². The Morgan fingerprint density at radius 3 is 2.66 bits per heavy atom. The van der Waals surface area contributed by atoms with Crippen molar-refractivity contribution in [3.8, 4) is 11.3 Å². The van der Waals surface area contributed by atoms with Crippen molar-refractivity contribution in [1.29, 1.82) is 0 Å². The lowest BCUT2D eigenvalue weighted by Gasteiger charge is -2.35. The fourth-order valence-corrected chi connectivity index (χ4v) is 5.05. The minimum Gasteiger partial charge on any atom is -0.348 e. The van der Waals surface area contributed by atoms with Gasteiger partial charge in [-0.3, -0.25) is 9.48 Å². The first-order chi connectivity index (χ1) is 15.3. The molecule has 8 heteroatoms. The third-order valence-electron chi connectivity index (χ3n) is 5.79. The van der Waals surface area contributed by atoms with Crippen LogP contribution in [0.2, 0.25) is 0 Å². The van der Waals surface area contributed by atoms with Gasteiger partial charge in [0.1, 0.15) is 5.69 Å². The average molecular weight is 453 g/mol. The summed E-state index contributed by atoms with van der Waals surface area (Å²) in [6, 6.07) is 11.5. The highest BCUT2D eigenvalue weighted by Gasteiger charge is 2.46. The Bertz CT molecular complexity index is 1300. The van der Waals surface area contributed by atoms with Crippen LogP contribution in [0.5, 0.6) is 0 Å². The summed E-state index contributed by atoms with van der Waals surface area (Å²) < 4.78 is 29.1. The topological polar surface area (TPSA) is 59.8 Å². The van der Waals surface area contributed by atoms with E-state index >= 15 is 0 Å². The van der Waals surface area contributed by atoms with Crippen molar-refractivity contribution in [2.24, 2.45) is 7.05 Å². The van der Waals surface area contributed by atoms with E-state index in [9.17, 15) is 13.6 Å². The molecular formula is C24H22F2N4OS. The SMILES string of the molecule is Cc1csc2c(Cc3ccc(-c4ccn(C)n4)cc3)cc(C(=O)NC3CC(F)(F)C3)nc12. The van der Waals surface area contributed by atoms with Crippen LogP contribution in [0.1, 0.15) is 40.0 Å². The summed E-state index contributed by atoms with van der Waals surface area (Å²) in [5.74, 6) is -3.07. The van der Waals surface area contributed by atoms with Crippen molar-refractivity contribution in [2.45, 2.75) is 38.2 Å². The van der Waals surface area contributed by atoms with E-state index in [1.807, 2.05) is 43.7 Å². The number of aryl methyl sites for hydroxylation is 2. The minimum atomic E-state index is -2.67. The largest absolute Gasteiger partial charge is 0.348 e. The van der Waals surface area contributed by atoms with Gasteiger partial charge in [0.15, 0.2) is 0 Å². The number of hydrogen-bond acceptors (Lipinski definition) is 4. The van der Waals surface area contributed by atoms with Gasteiger partial charge in [-0.2, -0.15) is 5.10 Å². The van der Waals surface area contributed by atoms with E-state index in [1.165, 1.54) is 0 Å². The summed E-state index contributed by atoms with van der Waals surface area (Å²) in [5.41, 5.74) is 6.13. The Kier molecular flexibility index (Phi) is 5.04. The number of alkyl halides is 2. The molecule has 0 aliphatic heterocycles. The van der Waals surface area contributed by atoms with Gasteiger partial charge < -0.3 is 5.32 Å². The van der Waals surface area contributed by atoms with Crippen molar-refractivity contribution < 1.29 is 13.6 Å². The van der Waals surface area contributed by atoms with Crippen molar-refractivity contribution in [1.82, 2.24) is 20.1 Å². The van der Waals surface area contributed by atoms with Crippen LogP contribution in [0.15, 0.2) is 48.0 Å². The quantitative estimate of drug-likeness (QED) is 0.457. The molecule has 1 aromatic carbocycles. The Hall–Kier alpha value is -3.13. The van der Waals surface area contributed by atoms with Crippen molar-refractivity contribution in [2.75, 3.05) is 0 Å². The van der Waals surface area contributed by atoms with Gasteiger partial charge in [0.05, 0.1) is 15.9 Å². The zero-order valence-electron chi connectivity index (χ0n) is 17.7. The second-order valence-electron chi connectivity index (χ2n) is 8.45. The average Bonchev–Trinajstić information content (AvgIpc) is 3.33. The Balaban J connectivity index is 1.41. The molecule has 0 saturated heterocycles. The van der Waals surface area contributed by atoms with E-state index in [0.29, 0.717) is 6.42 Å². The smallest absolute Gasteiger partial charge is 0.270 e. The van der Waals surface area contributed by atoms with Gasteiger partial charge in [-0.15, -0.1) is 11.3 Å². The molecule has 164 valence electrons. The Morgan fingerprint density at radius 1 is 1.25 bits per heavy atom. The van der Waals surface area contributed by atoms with Crippen LogP contribution in [0.4, 0.5) is 8.78 Å². The van der Waals surface area contributed by atoms with Crippen LogP contribution >= 0.6 is 11.3 Å². The number of nitrogens with one attached hydrogen (secondary N) is 1. The van der Waals surface area contributed by atoms with Crippen molar-refractivity contribution >= 4 is 27.5 Å². The Morgan fingerprint density at radius 2 is 2.00 bits per heavy atom. The molecule has 32 heavy (non-hydrogen) atoms. The first-order valence-electron chi connectivity index (χ1n) is 10.4. The van der Waals surface area contributed by atoms with E-state index in [4.69, 9.17) is 0 Å². The summed E-state index contributed by atoms with van der Waals surface area (Å²) in [4.78, 5) is 17.3. The number of amides is 1. The molecule has 1 saturated carbocycles. The zero-order valence-corrected chi connectivity index (χ0v) is 18.5. The lowest BCUT2D eigenvalue weighted by molar-refractivity contribution is -0.0901. The molecule has 1 aliphatic rings. The number of fused-ring (bicyclic) bond motifs is 1. The van der Waals surface area contributed by atoms with Crippen molar-refractivity contribution in [3.05, 3.63) is 70.4 Å². The number of pyridine rings is 1. The van der Waals surface area contributed by atoms with E-state index in [0.717, 1.165) is 38.2 Å². The molecule has 3 aromatic heterocycles. The predicted molar refractivity (Wildman–Crippen MR) is 121 cm³/mol. The first-order valence-corrected chi connectivity index (χ1v) is 11.3. The Labute approximate surface area is 188 Å². The minimum absolute atomic E-state index is 0.273. The maximum absolute atomic E-state index is 13.1. The second kappa shape index (κ2) is 7.78. The molecule has 5 nitrogen and oxygen atoms in total. The number of nitrogens with zero attached hydrogens (tertiary/aromatic N) is 3. The molecule has 4 aromatic rings. The fourth-order valence-electron chi connectivity index (χ4n) is 4.04. The zero-order chi connectivity index (χ0) is 22.5. The van der Waals surface area contributed by atoms with Gasteiger partial charge in [0.2, 0.25) is 0 Å². The van der Waals surface area contributed by atoms with Gasteiger partial charge in [-0.1, -0.05) is 24.3 Å². The summed E-state index contributed by atoms with van der Waals surface area (Å²) in [7, 11) is 1.89. The summed E-state index contributed by atoms with van der Waals surface area (Å²) in [6.45, 7) is 1.96. The van der Waals surface area contributed by atoms with Crippen LogP contribution in [0.25, 0.3) is 21.5 Å². The maximum atomic E-state index is 13.1. The molecule has 1 amide bonds. The van der Waals surface area contributed by atoms with E-state index in [-0.39, 0.29) is 18.5 Å². The van der Waals surface area contributed by atoms with Gasteiger partial charge >= 0.3 is 0 Å². The normalized spacial score (nSPS) is 15.6. The highest BCUT2D eigenvalue weighted by molar-refractivity contribution is 7.17. The molecule has 0 unspecified atom stereocenters. The number of carbonyl (C=O) groups excluding carboxylic acids is 1. The highest BCUT2D eigenvalue weighted by Crippen LogP contribution is 2.37. The molecule has 1 fully saturated rings. The molecule has 0 spiro atoms. The van der Waals surface area contributed by atoms with Gasteiger partial charge in [-0.05, 0) is 47.5 Å². The standard InChI is InChI=1S/C24H22F2N4OS/c1-14-13-32-22-17(9-15-3-5-16(6-4-15)19-7-8-30(2)29-19)10-20(28-21(14)22)23(31)27-18-11-24(25,26)12-18/h3-8,10,13,18H,9,11-12H2,1-2H3,(H,27,31). The first kappa shape index (κ1) is 20.8. The van der Waals surface area contributed by atoms with Crippen LogP contribution < -0.4 is 5.32 Å². The molecule has 0 bridgehead atoms. The van der Waals surface area contributed by atoms with Crippen LogP contribution in [-0.2, 0) is 13.5 Å². The number of hydrogen-bond donors (Lipinski definition) is 1. The van der Waals surface area contributed by atoms with E-state index in [1.54, 1.807) is 22.1 Å². The number of carbonyl (C=O) groups is 1. The number of thiophene rings is 1. The lowest BCUT2D eigenvalue weighted by Crippen LogP contribution is -2.50. The summed E-state index contributed by atoms with van der Waals surface area (Å²) >= 11 is 1.61. The predicted octanol–water partition coefficient (Wildman–Crippen LogP) is 5.12. The number of halogens is 2. The fraction of sp³-hybridized carbons (Fsp3) is 0.292. The monoisotopic (exact) mass is 452 g/mol. The van der Waals surface area contributed by atoms with Gasteiger partial charge in [-0.25, -0.2) is 13.8 Å². The molecule has 0 radical (unpaired) electrons. The molecule has 5 rings (SSSR count).